The molecule has 2 aromatic heterocycles. The van der Waals surface area contributed by atoms with E-state index < -0.39 is 29.1 Å². The number of likely N-dealkylation sites (N-methyl/N-ethyl adjacent to an activating group) is 1. The van der Waals surface area contributed by atoms with Gasteiger partial charge in [0.1, 0.15) is 18.1 Å². The molecule has 0 aliphatic heterocycles. The zero-order chi connectivity index (χ0) is 28.6. The van der Waals surface area contributed by atoms with Crippen LogP contribution in [-0.4, -0.2) is 67.3 Å². The first-order chi connectivity index (χ1) is 19.3. The van der Waals surface area contributed by atoms with Gasteiger partial charge in [0.15, 0.2) is 0 Å². The Bertz CT molecular complexity index is 1440. The summed E-state index contributed by atoms with van der Waals surface area (Å²) in [5.74, 6) is -3.21. The Kier molecular flexibility index (Phi) is 8.96. The van der Waals surface area contributed by atoms with Gasteiger partial charge in [-0.15, -0.1) is 16.7 Å². The molecule has 2 heterocycles. The predicted molar refractivity (Wildman–Crippen MR) is 145 cm³/mol. The number of rotatable bonds is 8. The average molecular weight is 564 g/mol. The second kappa shape index (κ2) is 12.8. The van der Waals surface area contributed by atoms with Crippen molar-refractivity contribution in [1.82, 2.24) is 41.1 Å². The van der Waals surface area contributed by atoms with Gasteiger partial charge >= 0.3 is 11.8 Å². The van der Waals surface area contributed by atoms with Gasteiger partial charge in [0.05, 0.1) is 11.1 Å². The lowest BCUT2D eigenvalue weighted by Gasteiger charge is -2.26. The summed E-state index contributed by atoms with van der Waals surface area (Å²) >= 11 is 6.34. The van der Waals surface area contributed by atoms with Crippen LogP contribution in [0.5, 0.6) is 0 Å². The SMILES string of the molecule is CNC(=O)[C@H](Cc1ccc(NC(=O)c2ccccn2)cc1)NC(=O)C(=O)NC1=C(n2cnnn2)C=CC(Cl)C1C. The molecule has 0 spiro atoms. The van der Waals surface area contributed by atoms with E-state index in [0.29, 0.717) is 22.6 Å². The number of anilines is 1. The minimum Gasteiger partial charge on any atom is -0.357 e. The minimum absolute atomic E-state index is 0.0919. The maximum absolute atomic E-state index is 12.9. The molecule has 14 heteroatoms. The summed E-state index contributed by atoms with van der Waals surface area (Å²) in [4.78, 5) is 54.6. The van der Waals surface area contributed by atoms with Gasteiger partial charge in [0, 0.05) is 37.0 Å². The summed E-state index contributed by atoms with van der Waals surface area (Å²) in [7, 11) is 1.43. The fourth-order valence-corrected chi connectivity index (χ4v) is 4.12. The minimum atomic E-state index is -1.05. The van der Waals surface area contributed by atoms with Gasteiger partial charge in [-0.3, -0.25) is 24.2 Å². The molecule has 2 unspecified atom stereocenters. The number of amides is 4. The molecule has 0 fully saturated rings. The van der Waals surface area contributed by atoms with E-state index in [1.807, 2.05) is 0 Å². The molecule has 0 saturated carbocycles. The van der Waals surface area contributed by atoms with Gasteiger partial charge in [0.25, 0.3) is 5.91 Å². The van der Waals surface area contributed by atoms with Crippen LogP contribution in [0.3, 0.4) is 0 Å². The van der Waals surface area contributed by atoms with Crippen molar-refractivity contribution in [3.63, 3.8) is 0 Å². The topological polar surface area (TPSA) is 173 Å². The van der Waals surface area contributed by atoms with Crippen LogP contribution < -0.4 is 21.3 Å². The van der Waals surface area contributed by atoms with E-state index in [9.17, 15) is 19.2 Å². The first kappa shape index (κ1) is 28.1. The molecule has 0 bridgehead atoms. The molecule has 3 atom stereocenters. The fraction of sp³-hybridized carbons (Fsp3) is 0.231. The number of alkyl halides is 1. The van der Waals surface area contributed by atoms with Crippen molar-refractivity contribution in [2.45, 2.75) is 24.8 Å². The number of benzene rings is 1. The van der Waals surface area contributed by atoms with Gasteiger partial charge in [-0.05, 0) is 46.3 Å². The second-order valence-corrected chi connectivity index (χ2v) is 9.31. The van der Waals surface area contributed by atoms with Crippen LogP contribution in [0, 0.1) is 5.92 Å². The number of tetrazole rings is 1. The van der Waals surface area contributed by atoms with Crippen LogP contribution in [0.2, 0.25) is 0 Å². The first-order valence-corrected chi connectivity index (χ1v) is 12.6. The van der Waals surface area contributed by atoms with Crippen LogP contribution in [0.15, 0.2) is 72.8 Å². The van der Waals surface area contributed by atoms with Crippen LogP contribution >= 0.6 is 11.6 Å². The number of hydrogen-bond acceptors (Lipinski definition) is 8. The predicted octanol–water partition coefficient (Wildman–Crippen LogP) is 0.892. The average Bonchev–Trinajstić information content (AvgIpc) is 3.51. The van der Waals surface area contributed by atoms with Crippen molar-refractivity contribution >= 4 is 46.6 Å². The lowest BCUT2D eigenvalue weighted by atomic mass is 9.96. The molecule has 206 valence electrons. The molecule has 4 amide bonds. The third-order valence-corrected chi connectivity index (χ3v) is 6.64. The molecule has 1 aromatic carbocycles. The van der Waals surface area contributed by atoms with Crippen molar-refractivity contribution < 1.29 is 19.2 Å². The zero-order valence-corrected chi connectivity index (χ0v) is 22.3. The molecule has 1 aliphatic rings. The van der Waals surface area contributed by atoms with Crippen LogP contribution in [0.1, 0.15) is 23.0 Å². The Morgan fingerprint density at radius 1 is 1.05 bits per heavy atom. The summed E-state index contributed by atoms with van der Waals surface area (Å²) < 4.78 is 1.35. The normalized spacial score (nSPS) is 17.1. The summed E-state index contributed by atoms with van der Waals surface area (Å²) in [6.45, 7) is 1.79. The van der Waals surface area contributed by atoms with Gasteiger partial charge in [-0.2, -0.15) is 4.68 Å². The molecule has 0 radical (unpaired) electrons. The molecule has 40 heavy (non-hydrogen) atoms. The summed E-state index contributed by atoms with van der Waals surface area (Å²) in [5, 5.41) is 20.9. The Hall–Kier alpha value is -4.91. The van der Waals surface area contributed by atoms with E-state index in [0.717, 1.165) is 0 Å². The maximum Gasteiger partial charge on any atom is 0.313 e. The Balaban J connectivity index is 1.42. The number of pyridine rings is 1. The highest BCUT2D eigenvalue weighted by Gasteiger charge is 2.30. The number of halogens is 1. The monoisotopic (exact) mass is 563 g/mol. The quantitative estimate of drug-likeness (QED) is 0.231. The molecule has 4 rings (SSSR count). The van der Waals surface area contributed by atoms with E-state index >= 15 is 0 Å². The molecular weight excluding hydrogens is 538 g/mol. The van der Waals surface area contributed by atoms with E-state index in [-0.39, 0.29) is 23.9 Å². The summed E-state index contributed by atoms with van der Waals surface area (Å²) in [6.07, 6.45) is 6.35. The Labute approximate surface area is 234 Å². The van der Waals surface area contributed by atoms with Crippen molar-refractivity contribution in [2.24, 2.45) is 5.92 Å². The number of nitrogens with one attached hydrogen (secondary N) is 4. The lowest BCUT2D eigenvalue weighted by molar-refractivity contribution is -0.140. The lowest BCUT2D eigenvalue weighted by Crippen LogP contribution is -2.51. The number of carbonyl (C=O) groups excluding carboxylic acids is 4. The van der Waals surface area contributed by atoms with Crippen molar-refractivity contribution in [2.75, 3.05) is 12.4 Å². The largest absolute Gasteiger partial charge is 0.357 e. The van der Waals surface area contributed by atoms with Gasteiger partial charge < -0.3 is 21.3 Å². The van der Waals surface area contributed by atoms with Crippen LogP contribution in [0.25, 0.3) is 5.70 Å². The Morgan fingerprint density at radius 3 is 2.48 bits per heavy atom. The van der Waals surface area contributed by atoms with Gasteiger partial charge in [0.2, 0.25) is 5.91 Å². The zero-order valence-electron chi connectivity index (χ0n) is 21.5. The number of aromatic nitrogens is 5. The fourth-order valence-electron chi connectivity index (χ4n) is 3.92. The van der Waals surface area contributed by atoms with E-state index in [1.165, 1.54) is 24.3 Å². The number of allylic oxidation sites excluding steroid dienone is 4. The van der Waals surface area contributed by atoms with Crippen LogP contribution in [-0.2, 0) is 20.8 Å². The van der Waals surface area contributed by atoms with E-state index in [1.54, 1.807) is 61.5 Å². The van der Waals surface area contributed by atoms with Gasteiger partial charge in [-0.1, -0.05) is 31.2 Å². The highest BCUT2D eigenvalue weighted by molar-refractivity contribution is 6.36. The summed E-state index contributed by atoms with van der Waals surface area (Å²) in [6, 6.07) is 10.7. The number of hydrogen-bond donors (Lipinski definition) is 4. The van der Waals surface area contributed by atoms with Gasteiger partial charge in [-0.25, -0.2) is 0 Å². The van der Waals surface area contributed by atoms with E-state index in [2.05, 4.69) is 41.8 Å². The van der Waals surface area contributed by atoms with E-state index in [4.69, 9.17) is 11.6 Å². The molecule has 3 aromatic rings. The smallest absolute Gasteiger partial charge is 0.313 e. The Morgan fingerprint density at radius 2 is 1.82 bits per heavy atom. The summed E-state index contributed by atoms with van der Waals surface area (Å²) in [5.41, 5.74) is 2.29. The molecule has 0 saturated heterocycles. The molecule has 13 nitrogen and oxygen atoms in total. The molecule has 1 aliphatic carbocycles. The standard InChI is InChI=1S/C26H26ClN9O4/c1-15-18(27)10-11-21(36-14-30-34-35-36)22(15)33-26(40)25(39)32-20(23(37)28-2)13-16-6-8-17(9-7-16)31-24(38)19-5-3-4-12-29-19/h3-12,14-15,18,20H,13H2,1-2H3,(H,28,37)(H,31,38)(H,32,39)(H,33,40)/t15?,18?,20-/m0/s1. The maximum atomic E-state index is 12.9. The van der Waals surface area contributed by atoms with Crippen molar-refractivity contribution in [3.05, 3.63) is 84.1 Å². The van der Waals surface area contributed by atoms with Crippen LogP contribution in [0.4, 0.5) is 5.69 Å². The second-order valence-electron chi connectivity index (χ2n) is 8.81. The van der Waals surface area contributed by atoms with Crippen molar-refractivity contribution in [3.8, 4) is 0 Å². The highest BCUT2D eigenvalue weighted by atomic mass is 35.5. The first-order valence-electron chi connectivity index (χ1n) is 12.2. The number of nitrogens with zero attached hydrogens (tertiary/aromatic N) is 5. The highest BCUT2D eigenvalue weighted by Crippen LogP contribution is 2.29. The van der Waals surface area contributed by atoms with Crippen molar-refractivity contribution in [1.29, 1.82) is 0 Å². The third kappa shape index (κ3) is 6.74. The third-order valence-electron chi connectivity index (χ3n) is 6.11. The molecular formula is C26H26ClN9O4. The number of carbonyl (C=O) groups is 4. The molecule has 4 N–H and O–H groups in total.